The second kappa shape index (κ2) is 7.74. The monoisotopic (exact) mass is 370 g/mol. The van der Waals surface area contributed by atoms with Crippen molar-refractivity contribution in [3.05, 3.63) is 75.3 Å². The van der Waals surface area contributed by atoms with E-state index in [9.17, 15) is 14.0 Å². The predicted octanol–water partition coefficient (Wildman–Crippen LogP) is 4.16. The number of amides is 1. The minimum atomic E-state index is -0.437. The fourth-order valence-corrected chi connectivity index (χ4v) is 3.41. The van der Waals surface area contributed by atoms with Crippen LogP contribution >= 0.6 is 11.8 Å². The molecule has 3 aromatic rings. The lowest BCUT2D eigenvalue weighted by atomic mass is 10.1. The number of benzene rings is 2. The van der Waals surface area contributed by atoms with Crippen LogP contribution in [0.1, 0.15) is 16.8 Å². The molecule has 0 aliphatic carbocycles. The molecule has 0 bridgehead atoms. The number of aromatic nitrogens is 1. The van der Waals surface area contributed by atoms with Crippen molar-refractivity contribution in [3.8, 4) is 0 Å². The van der Waals surface area contributed by atoms with Crippen molar-refractivity contribution in [1.29, 1.82) is 0 Å². The van der Waals surface area contributed by atoms with Crippen LogP contribution in [0.5, 0.6) is 0 Å². The van der Waals surface area contributed by atoms with Gasteiger partial charge in [-0.1, -0.05) is 12.1 Å². The fraction of sp³-hybridized carbons (Fsp3) is 0.200. The molecule has 0 spiro atoms. The summed E-state index contributed by atoms with van der Waals surface area (Å²) in [5, 5.41) is 3.24. The Morgan fingerprint density at radius 2 is 2.00 bits per heavy atom. The van der Waals surface area contributed by atoms with Crippen molar-refractivity contribution in [1.82, 2.24) is 4.98 Å². The number of anilines is 1. The van der Waals surface area contributed by atoms with Crippen molar-refractivity contribution in [2.75, 3.05) is 11.1 Å². The van der Waals surface area contributed by atoms with Crippen molar-refractivity contribution >= 4 is 34.3 Å². The number of nitrogens with one attached hydrogen (secondary N) is 2. The Bertz CT molecular complexity index is 1030. The van der Waals surface area contributed by atoms with Crippen LogP contribution in [0.3, 0.4) is 0 Å². The van der Waals surface area contributed by atoms with Gasteiger partial charge in [0.05, 0.1) is 5.75 Å². The standard InChI is InChI=1S/C20H19FN2O2S/c1-12-4-3-5-17(13(12)2)23-20(25)11-26-10-15-9-19(24)16-8-14(21)6-7-18(16)22-15/h3-9H,10-11H2,1-2H3,(H,22,24)(H,23,25). The molecule has 0 fully saturated rings. The first-order valence-corrected chi connectivity index (χ1v) is 9.35. The average Bonchev–Trinajstić information content (AvgIpc) is 2.60. The van der Waals surface area contributed by atoms with E-state index in [4.69, 9.17) is 0 Å². The molecule has 3 rings (SSSR count). The minimum Gasteiger partial charge on any atom is -0.357 e. The molecular formula is C20H19FN2O2S. The number of hydrogen-bond acceptors (Lipinski definition) is 3. The number of fused-ring (bicyclic) bond motifs is 1. The maximum absolute atomic E-state index is 13.2. The second-order valence-corrected chi connectivity index (χ2v) is 7.12. The Balaban J connectivity index is 1.62. The zero-order valence-electron chi connectivity index (χ0n) is 14.6. The molecule has 0 saturated heterocycles. The number of aryl methyl sites for hydroxylation is 1. The number of halogens is 1. The molecule has 0 atom stereocenters. The van der Waals surface area contributed by atoms with E-state index in [1.165, 1.54) is 30.0 Å². The molecule has 4 nitrogen and oxygen atoms in total. The fourth-order valence-electron chi connectivity index (χ4n) is 2.68. The first kappa shape index (κ1) is 18.2. The summed E-state index contributed by atoms with van der Waals surface area (Å²) in [5.41, 5.74) is 4.07. The third-order valence-corrected chi connectivity index (χ3v) is 5.20. The van der Waals surface area contributed by atoms with E-state index in [2.05, 4.69) is 10.3 Å². The van der Waals surface area contributed by atoms with Gasteiger partial charge in [0.2, 0.25) is 5.91 Å². The highest BCUT2D eigenvalue weighted by Gasteiger charge is 2.08. The molecule has 1 heterocycles. The van der Waals surface area contributed by atoms with E-state index in [-0.39, 0.29) is 17.1 Å². The Morgan fingerprint density at radius 3 is 2.81 bits per heavy atom. The van der Waals surface area contributed by atoms with Crippen molar-refractivity contribution in [3.63, 3.8) is 0 Å². The van der Waals surface area contributed by atoms with Gasteiger partial charge in [-0.3, -0.25) is 9.59 Å². The SMILES string of the molecule is Cc1cccc(NC(=O)CSCc2cc(=O)c3cc(F)ccc3[nH]2)c1C. The molecule has 0 radical (unpaired) electrons. The van der Waals surface area contributed by atoms with Crippen LogP contribution < -0.4 is 10.7 Å². The minimum absolute atomic E-state index is 0.0890. The second-order valence-electron chi connectivity index (χ2n) is 6.14. The summed E-state index contributed by atoms with van der Waals surface area (Å²) in [4.78, 5) is 27.3. The Hall–Kier alpha value is -2.60. The van der Waals surface area contributed by atoms with E-state index in [1.54, 1.807) is 6.07 Å². The van der Waals surface area contributed by atoms with Gasteiger partial charge in [-0.05, 0) is 49.2 Å². The molecule has 0 saturated carbocycles. The summed E-state index contributed by atoms with van der Waals surface area (Å²) >= 11 is 1.41. The number of thioether (sulfide) groups is 1. The highest BCUT2D eigenvalue weighted by Crippen LogP contribution is 2.19. The Morgan fingerprint density at radius 1 is 1.19 bits per heavy atom. The lowest BCUT2D eigenvalue weighted by Gasteiger charge is -2.10. The molecule has 2 N–H and O–H groups in total. The van der Waals surface area contributed by atoms with Crippen LogP contribution in [0.4, 0.5) is 10.1 Å². The first-order chi connectivity index (χ1) is 12.4. The molecular weight excluding hydrogens is 351 g/mol. The van der Waals surface area contributed by atoms with Crippen LogP contribution in [0.2, 0.25) is 0 Å². The molecule has 0 unspecified atom stereocenters. The van der Waals surface area contributed by atoms with Gasteiger partial charge in [0.15, 0.2) is 5.43 Å². The van der Waals surface area contributed by atoms with Gasteiger partial charge >= 0.3 is 0 Å². The normalized spacial score (nSPS) is 10.9. The van der Waals surface area contributed by atoms with Gasteiger partial charge in [-0.2, -0.15) is 0 Å². The molecule has 0 aliphatic rings. The number of hydrogen-bond donors (Lipinski definition) is 2. The van der Waals surface area contributed by atoms with Crippen LogP contribution in [0, 0.1) is 19.7 Å². The third-order valence-electron chi connectivity index (χ3n) is 4.22. The van der Waals surface area contributed by atoms with E-state index < -0.39 is 5.82 Å². The smallest absolute Gasteiger partial charge is 0.234 e. The number of carbonyl (C=O) groups excluding carboxylic acids is 1. The number of carbonyl (C=O) groups is 1. The number of rotatable bonds is 5. The Kier molecular flexibility index (Phi) is 5.42. The van der Waals surface area contributed by atoms with Gasteiger partial charge in [0.25, 0.3) is 0 Å². The largest absolute Gasteiger partial charge is 0.357 e. The predicted molar refractivity (Wildman–Crippen MR) is 105 cm³/mol. The highest BCUT2D eigenvalue weighted by molar-refractivity contribution is 7.99. The van der Waals surface area contributed by atoms with Gasteiger partial charge < -0.3 is 10.3 Å². The molecule has 134 valence electrons. The summed E-state index contributed by atoms with van der Waals surface area (Å²) in [6.07, 6.45) is 0. The molecule has 6 heteroatoms. The van der Waals surface area contributed by atoms with Crippen molar-refractivity contribution in [2.24, 2.45) is 0 Å². The van der Waals surface area contributed by atoms with Crippen LogP contribution in [-0.2, 0) is 10.5 Å². The molecule has 1 amide bonds. The third kappa shape index (κ3) is 4.14. The van der Waals surface area contributed by atoms with Crippen LogP contribution in [-0.4, -0.2) is 16.6 Å². The summed E-state index contributed by atoms with van der Waals surface area (Å²) < 4.78 is 13.2. The number of H-pyrrole nitrogens is 1. The molecule has 2 aromatic carbocycles. The summed E-state index contributed by atoms with van der Waals surface area (Å²) in [6.45, 7) is 3.97. The maximum atomic E-state index is 13.2. The zero-order valence-corrected chi connectivity index (χ0v) is 15.4. The highest BCUT2D eigenvalue weighted by atomic mass is 32.2. The topological polar surface area (TPSA) is 62.0 Å². The Labute approximate surface area is 154 Å². The summed E-state index contributed by atoms with van der Waals surface area (Å²) in [6, 6.07) is 11.3. The lowest BCUT2D eigenvalue weighted by molar-refractivity contribution is -0.113. The van der Waals surface area contributed by atoms with E-state index in [0.717, 1.165) is 16.8 Å². The van der Waals surface area contributed by atoms with Gasteiger partial charge in [0, 0.05) is 34.1 Å². The lowest BCUT2D eigenvalue weighted by Crippen LogP contribution is -2.15. The van der Waals surface area contributed by atoms with Crippen LogP contribution in [0.25, 0.3) is 10.9 Å². The molecule has 26 heavy (non-hydrogen) atoms. The van der Waals surface area contributed by atoms with Crippen molar-refractivity contribution < 1.29 is 9.18 Å². The molecule has 0 aliphatic heterocycles. The number of pyridine rings is 1. The zero-order chi connectivity index (χ0) is 18.7. The molecule has 1 aromatic heterocycles. The van der Waals surface area contributed by atoms with E-state index >= 15 is 0 Å². The number of aromatic amines is 1. The average molecular weight is 370 g/mol. The quantitative estimate of drug-likeness (QED) is 0.709. The van der Waals surface area contributed by atoms with E-state index in [1.807, 2.05) is 32.0 Å². The maximum Gasteiger partial charge on any atom is 0.234 e. The van der Waals surface area contributed by atoms with Crippen molar-refractivity contribution in [2.45, 2.75) is 19.6 Å². The summed E-state index contributed by atoms with van der Waals surface area (Å²) in [5.74, 6) is 0.238. The summed E-state index contributed by atoms with van der Waals surface area (Å²) in [7, 11) is 0. The first-order valence-electron chi connectivity index (χ1n) is 8.19. The van der Waals surface area contributed by atoms with Gasteiger partial charge in [-0.25, -0.2) is 4.39 Å². The van der Waals surface area contributed by atoms with Gasteiger partial charge in [-0.15, -0.1) is 11.8 Å². The van der Waals surface area contributed by atoms with Crippen LogP contribution in [0.15, 0.2) is 47.3 Å². The van der Waals surface area contributed by atoms with E-state index in [0.29, 0.717) is 22.3 Å². The van der Waals surface area contributed by atoms with Gasteiger partial charge in [0.1, 0.15) is 5.82 Å².